The Morgan fingerprint density at radius 2 is 2.12 bits per heavy atom. The predicted molar refractivity (Wildman–Crippen MR) is 39.1 cm³/mol. The van der Waals surface area contributed by atoms with Gasteiger partial charge in [-0.2, -0.15) is 0 Å². The van der Waals surface area contributed by atoms with E-state index in [-0.39, 0.29) is 5.56 Å². The summed E-state index contributed by atoms with van der Waals surface area (Å²) in [7, 11) is 0. The molecule has 0 radical (unpaired) electrons. The molecule has 1 aromatic carbocycles. The highest BCUT2D eigenvalue weighted by atomic mass is 79.9. The highest BCUT2D eigenvalue weighted by Gasteiger charge is 1.81. The van der Waals surface area contributed by atoms with Gasteiger partial charge in [-0.3, -0.25) is 0 Å². The summed E-state index contributed by atoms with van der Waals surface area (Å²) < 4.78 is 51.5. The molecular weight excluding hydrogens is 164 g/mol. The molecule has 0 aliphatic rings. The van der Waals surface area contributed by atoms with E-state index < -0.39 is 35.5 Å². The molecule has 1 aromatic rings. The van der Waals surface area contributed by atoms with Crippen LogP contribution in [0.2, 0.25) is 0 Å². The maximum absolute atomic E-state index is 7.45. The standard InChI is InChI=1S/C7H7Br/c8-6-7-4-2-1-3-5-7/h1-5H,6H2/i1D,2D,3D,4D,5D,6D2. The Bertz CT molecular complexity index is 380. The fourth-order valence-corrected chi connectivity index (χ4v) is 0.495. The summed E-state index contributed by atoms with van der Waals surface area (Å²) in [6.07, 6.45) is 0. The molecule has 0 aromatic heterocycles. The van der Waals surface area contributed by atoms with Crippen LogP contribution in [0.15, 0.2) is 30.2 Å². The zero-order valence-electron chi connectivity index (χ0n) is 10.9. The van der Waals surface area contributed by atoms with E-state index in [1.807, 2.05) is 0 Å². The molecule has 0 unspecified atom stereocenters. The zero-order valence-corrected chi connectivity index (χ0v) is 5.46. The van der Waals surface area contributed by atoms with Crippen molar-refractivity contribution in [2.24, 2.45) is 0 Å². The van der Waals surface area contributed by atoms with Gasteiger partial charge in [0.2, 0.25) is 0 Å². The molecule has 1 rings (SSSR count). The molecule has 1 heteroatoms. The lowest BCUT2D eigenvalue weighted by Gasteiger charge is -1.88. The van der Waals surface area contributed by atoms with Crippen molar-refractivity contribution in [1.29, 1.82) is 0 Å². The molecular formula is C7H7Br. The maximum atomic E-state index is 7.45. The molecule has 0 heterocycles. The monoisotopic (exact) mass is 177 g/mol. The van der Waals surface area contributed by atoms with E-state index in [4.69, 9.17) is 9.60 Å². The van der Waals surface area contributed by atoms with Crippen molar-refractivity contribution in [3.8, 4) is 0 Å². The number of alkyl halides is 1. The van der Waals surface area contributed by atoms with Gasteiger partial charge in [0.1, 0.15) is 0 Å². The smallest absolute Gasteiger partial charge is 0.0626 e. The second kappa shape index (κ2) is 2.88. The topological polar surface area (TPSA) is 0 Å². The van der Waals surface area contributed by atoms with Crippen molar-refractivity contribution in [3.05, 3.63) is 35.8 Å². The van der Waals surface area contributed by atoms with Crippen LogP contribution in [0.3, 0.4) is 0 Å². The molecule has 8 heavy (non-hydrogen) atoms. The predicted octanol–water partition coefficient (Wildman–Crippen LogP) is 2.58. The normalized spacial score (nSPS) is 23.4. The minimum absolute atomic E-state index is 0.381. The van der Waals surface area contributed by atoms with Crippen molar-refractivity contribution in [2.45, 2.75) is 5.28 Å². The van der Waals surface area contributed by atoms with Crippen molar-refractivity contribution < 1.29 is 9.60 Å². The van der Waals surface area contributed by atoms with Crippen LogP contribution >= 0.6 is 15.9 Å². The van der Waals surface area contributed by atoms with Gasteiger partial charge in [0, 0.05) is 8.02 Å². The van der Waals surface area contributed by atoms with Crippen LogP contribution in [0.1, 0.15) is 15.2 Å². The molecule has 0 spiro atoms. The highest BCUT2D eigenvalue weighted by Crippen LogP contribution is 2.02. The van der Waals surface area contributed by atoms with Crippen LogP contribution in [-0.2, 0) is 5.28 Å². The van der Waals surface area contributed by atoms with Gasteiger partial charge in [0.05, 0.1) is 6.85 Å². The highest BCUT2D eigenvalue weighted by molar-refractivity contribution is 9.08. The van der Waals surface area contributed by atoms with Crippen LogP contribution < -0.4 is 0 Å². The summed E-state index contributed by atoms with van der Waals surface area (Å²) >= 11 is 2.65. The van der Waals surface area contributed by atoms with Crippen LogP contribution in [-0.4, -0.2) is 0 Å². The van der Waals surface area contributed by atoms with Crippen molar-refractivity contribution in [3.63, 3.8) is 0 Å². The quantitative estimate of drug-likeness (QED) is 0.579. The second-order valence-electron chi connectivity index (χ2n) is 1.09. The second-order valence-corrected chi connectivity index (χ2v) is 1.49. The van der Waals surface area contributed by atoms with E-state index in [9.17, 15) is 0 Å². The molecule has 0 saturated carbocycles. The minimum atomic E-state index is -2.14. The lowest BCUT2D eigenvalue weighted by molar-refractivity contribution is 1.44. The van der Waals surface area contributed by atoms with E-state index in [0.29, 0.717) is 0 Å². The van der Waals surface area contributed by atoms with E-state index in [1.165, 1.54) is 0 Å². The Balaban J connectivity index is 3.68. The number of rotatable bonds is 1. The molecule has 42 valence electrons. The Morgan fingerprint density at radius 3 is 2.62 bits per heavy atom. The Kier molecular flexibility index (Phi) is 0.575. The van der Waals surface area contributed by atoms with Gasteiger partial charge in [-0.25, -0.2) is 0 Å². The van der Waals surface area contributed by atoms with Crippen molar-refractivity contribution in [2.75, 3.05) is 0 Å². The largest absolute Gasteiger partial charge is 0.0876 e. The average Bonchev–Trinajstić information content (AvgIpc) is 2.09. The molecule has 0 fully saturated rings. The van der Waals surface area contributed by atoms with Gasteiger partial charge < -0.3 is 0 Å². The maximum Gasteiger partial charge on any atom is 0.0626 e. The fraction of sp³-hybridized carbons (Fsp3) is 0.143. The third-order valence-corrected chi connectivity index (χ3v) is 0.991. The summed E-state index contributed by atoms with van der Waals surface area (Å²) in [5.74, 6) is 0. The fourth-order valence-electron chi connectivity index (χ4n) is 0.297. The minimum Gasteiger partial charge on any atom is -0.0876 e. The van der Waals surface area contributed by atoms with Gasteiger partial charge >= 0.3 is 0 Å². The van der Waals surface area contributed by atoms with Gasteiger partial charge in [-0.1, -0.05) is 46.1 Å². The van der Waals surface area contributed by atoms with E-state index >= 15 is 0 Å². The molecule has 0 atom stereocenters. The molecule has 0 saturated heterocycles. The first-order valence-electron chi connectivity index (χ1n) is 5.44. The first-order valence-corrected chi connectivity index (χ1v) is 2.73. The Hall–Kier alpha value is -0.300. The van der Waals surface area contributed by atoms with Gasteiger partial charge in [0.25, 0.3) is 0 Å². The third kappa shape index (κ3) is 1.34. The lowest BCUT2D eigenvalue weighted by Crippen LogP contribution is -1.70. The van der Waals surface area contributed by atoms with E-state index in [1.54, 1.807) is 0 Å². The first-order chi connectivity index (χ1) is 6.68. The van der Waals surface area contributed by atoms with E-state index in [2.05, 4.69) is 15.9 Å². The number of benzene rings is 1. The Labute approximate surface area is 67.5 Å². The van der Waals surface area contributed by atoms with Crippen molar-refractivity contribution in [1.82, 2.24) is 0 Å². The zero-order chi connectivity index (χ0) is 12.0. The molecule has 0 bridgehead atoms. The van der Waals surface area contributed by atoms with Crippen LogP contribution in [0.4, 0.5) is 0 Å². The number of halogens is 1. The molecule has 0 amide bonds. The van der Waals surface area contributed by atoms with Crippen molar-refractivity contribution >= 4 is 15.9 Å². The number of hydrogen-bond donors (Lipinski definition) is 0. The number of hydrogen-bond acceptors (Lipinski definition) is 0. The summed E-state index contributed by atoms with van der Waals surface area (Å²) in [5.41, 5.74) is -0.381. The van der Waals surface area contributed by atoms with Crippen LogP contribution in [0.25, 0.3) is 0 Å². The first kappa shape index (κ1) is 1.60. The Morgan fingerprint density at radius 1 is 1.50 bits per heavy atom. The molecule has 0 nitrogen and oxygen atoms in total. The molecule has 0 aliphatic heterocycles. The lowest BCUT2D eigenvalue weighted by atomic mass is 10.2. The molecule has 0 N–H and O–H groups in total. The average molecular weight is 178 g/mol. The van der Waals surface area contributed by atoms with Crippen LogP contribution in [0, 0.1) is 0 Å². The van der Waals surface area contributed by atoms with E-state index in [0.717, 1.165) is 0 Å². The summed E-state index contributed by atoms with van der Waals surface area (Å²) in [6.45, 7) is 0. The molecule has 0 aliphatic carbocycles. The van der Waals surface area contributed by atoms with Gasteiger partial charge in [-0.15, -0.1) is 0 Å². The summed E-state index contributed by atoms with van der Waals surface area (Å²) in [4.78, 5) is 0. The SMILES string of the molecule is [2H]c1c([2H])c([2H])c(C([2H])([2H])Br)c([2H])c1[2H]. The van der Waals surface area contributed by atoms with Gasteiger partial charge in [-0.05, 0) is 5.56 Å². The summed E-state index contributed by atoms with van der Waals surface area (Å²) in [5, 5.41) is -2.14. The third-order valence-electron chi connectivity index (χ3n) is 0.594. The van der Waals surface area contributed by atoms with Gasteiger partial charge in [0.15, 0.2) is 0 Å². The van der Waals surface area contributed by atoms with Crippen LogP contribution in [0.5, 0.6) is 0 Å². The summed E-state index contributed by atoms with van der Waals surface area (Å²) in [6, 6.07) is -2.64.